The van der Waals surface area contributed by atoms with Crippen LogP contribution in [0.2, 0.25) is 0 Å². The predicted molar refractivity (Wildman–Crippen MR) is 87.6 cm³/mol. The summed E-state index contributed by atoms with van der Waals surface area (Å²) in [6, 6.07) is 4.51. The topological polar surface area (TPSA) is 76.1 Å². The van der Waals surface area contributed by atoms with Gasteiger partial charge in [-0.25, -0.2) is 4.39 Å². The summed E-state index contributed by atoms with van der Waals surface area (Å²) in [5.74, 6) is -1.40. The summed E-state index contributed by atoms with van der Waals surface area (Å²) in [6.45, 7) is 0. The maximum atomic E-state index is 13.8. The molecule has 1 N–H and O–H groups in total. The van der Waals surface area contributed by atoms with Crippen molar-refractivity contribution in [1.82, 2.24) is 0 Å². The van der Waals surface area contributed by atoms with Gasteiger partial charge in [0.1, 0.15) is 5.82 Å². The number of carbonyl (C=O) groups is 2. The largest absolute Gasteiger partial charge is 0.481 e. The normalized spacial score (nSPS) is 25.3. The lowest BCUT2D eigenvalue weighted by molar-refractivity contribution is -0.140. The van der Waals surface area contributed by atoms with Gasteiger partial charge >= 0.3 is 11.9 Å². The molecule has 0 radical (unpaired) electrons. The SMILES string of the molecule is COC(=O)CCc1ccc(F)cc1CC(CC(=O)O)C1CCC2OC21. The van der Waals surface area contributed by atoms with E-state index in [1.165, 1.54) is 19.2 Å². The molecule has 3 rings (SSSR count). The van der Waals surface area contributed by atoms with Crippen LogP contribution >= 0.6 is 0 Å². The second-order valence-electron chi connectivity index (χ2n) is 6.93. The number of carboxylic acid groups (broad SMARTS) is 1. The highest BCUT2D eigenvalue weighted by molar-refractivity contribution is 5.69. The Morgan fingerprint density at radius 3 is 2.76 bits per heavy atom. The molecule has 1 aliphatic carbocycles. The molecule has 2 fully saturated rings. The standard InChI is InChI=1S/C19H23FO5/c1-24-18(23)7-3-11-2-4-14(20)9-12(11)8-13(10-17(21)22)15-5-6-16-19(15)25-16/h2,4,9,13,15-16,19H,3,5-8,10H2,1H3,(H,21,22). The number of benzene rings is 1. The van der Waals surface area contributed by atoms with E-state index in [9.17, 15) is 19.1 Å². The molecule has 4 unspecified atom stereocenters. The maximum absolute atomic E-state index is 13.8. The maximum Gasteiger partial charge on any atom is 0.305 e. The molecule has 0 aromatic heterocycles. The minimum atomic E-state index is -0.846. The van der Waals surface area contributed by atoms with E-state index >= 15 is 0 Å². The molecule has 1 saturated carbocycles. The second-order valence-corrected chi connectivity index (χ2v) is 6.93. The summed E-state index contributed by atoms with van der Waals surface area (Å²) in [4.78, 5) is 22.7. The number of ether oxygens (including phenoxy) is 2. The lowest BCUT2D eigenvalue weighted by atomic mass is 9.81. The molecule has 136 valence electrons. The third kappa shape index (κ3) is 4.37. The summed E-state index contributed by atoms with van der Waals surface area (Å²) in [6.07, 6.45) is 3.58. The average Bonchev–Trinajstić information content (AvgIpc) is 3.23. The number of carbonyl (C=O) groups excluding carboxylic acids is 1. The molecule has 1 aliphatic heterocycles. The Morgan fingerprint density at radius 2 is 2.16 bits per heavy atom. The number of methoxy groups -OCH3 is 1. The first-order valence-electron chi connectivity index (χ1n) is 8.69. The number of epoxide rings is 1. The first-order valence-corrected chi connectivity index (χ1v) is 8.69. The van der Waals surface area contributed by atoms with Crippen molar-refractivity contribution in [2.45, 2.75) is 50.7 Å². The van der Waals surface area contributed by atoms with Crippen molar-refractivity contribution in [2.24, 2.45) is 11.8 Å². The third-order valence-electron chi connectivity index (χ3n) is 5.35. The van der Waals surface area contributed by atoms with Crippen molar-refractivity contribution in [2.75, 3.05) is 7.11 Å². The van der Waals surface area contributed by atoms with Gasteiger partial charge in [-0.2, -0.15) is 0 Å². The molecule has 1 heterocycles. The number of aliphatic carboxylic acids is 1. The van der Waals surface area contributed by atoms with Crippen molar-refractivity contribution in [1.29, 1.82) is 0 Å². The number of aryl methyl sites for hydroxylation is 1. The Kier molecular flexibility index (Phi) is 5.37. The quantitative estimate of drug-likeness (QED) is 0.576. The third-order valence-corrected chi connectivity index (χ3v) is 5.35. The molecule has 25 heavy (non-hydrogen) atoms. The fourth-order valence-electron chi connectivity index (χ4n) is 4.04. The van der Waals surface area contributed by atoms with Crippen LogP contribution in [0, 0.1) is 17.7 Å². The summed E-state index contributed by atoms with van der Waals surface area (Å²) < 4.78 is 24.0. The number of carboxylic acids is 1. The Bertz CT molecular complexity index is 659. The zero-order valence-electron chi connectivity index (χ0n) is 14.2. The van der Waals surface area contributed by atoms with Crippen molar-refractivity contribution in [3.8, 4) is 0 Å². The van der Waals surface area contributed by atoms with Crippen LogP contribution in [0.4, 0.5) is 4.39 Å². The fourth-order valence-corrected chi connectivity index (χ4v) is 4.04. The lowest BCUT2D eigenvalue weighted by Gasteiger charge is -2.24. The summed E-state index contributed by atoms with van der Waals surface area (Å²) in [5.41, 5.74) is 1.65. The molecule has 1 aromatic rings. The van der Waals surface area contributed by atoms with Crippen LogP contribution < -0.4 is 0 Å². The molecule has 5 nitrogen and oxygen atoms in total. The number of hydrogen-bond acceptors (Lipinski definition) is 4. The van der Waals surface area contributed by atoms with E-state index in [2.05, 4.69) is 4.74 Å². The van der Waals surface area contributed by atoms with Crippen LogP contribution in [0.3, 0.4) is 0 Å². The second kappa shape index (κ2) is 7.52. The van der Waals surface area contributed by atoms with Crippen molar-refractivity contribution in [3.63, 3.8) is 0 Å². The molecule has 0 amide bonds. The number of fused-ring (bicyclic) bond motifs is 1. The Balaban J connectivity index is 1.76. The molecular formula is C19H23FO5. The van der Waals surface area contributed by atoms with Crippen molar-refractivity contribution in [3.05, 3.63) is 35.1 Å². The molecule has 1 aromatic carbocycles. The van der Waals surface area contributed by atoms with Gasteiger partial charge in [0.05, 0.1) is 19.3 Å². The van der Waals surface area contributed by atoms with Gasteiger partial charge in [0.25, 0.3) is 0 Å². The van der Waals surface area contributed by atoms with Crippen LogP contribution in [0.1, 0.15) is 36.8 Å². The van der Waals surface area contributed by atoms with Crippen molar-refractivity contribution < 1.29 is 28.6 Å². The van der Waals surface area contributed by atoms with E-state index in [4.69, 9.17) is 4.74 Å². The van der Waals surface area contributed by atoms with Crippen LogP contribution in [0.15, 0.2) is 18.2 Å². The van der Waals surface area contributed by atoms with E-state index in [0.29, 0.717) is 12.8 Å². The zero-order valence-corrected chi connectivity index (χ0v) is 14.2. The van der Waals surface area contributed by atoms with Gasteiger partial charge in [0.2, 0.25) is 0 Å². The number of halogens is 1. The van der Waals surface area contributed by atoms with Gasteiger partial charge in [-0.1, -0.05) is 6.07 Å². The Hall–Kier alpha value is -1.95. The van der Waals surface area contributed by atoms with E-state index in [0.717, 1.165) is 24.0 Å². The fraction of sp³-hybridized carbons (Fsp3) is 0.579. The van der Waals surface area contributed by atoms with Crippen LogP contribution in [0.5, 0.6) is 0 Å². The molecule has 6 heteroatoms. The predicted octanol–water partition coefficient (Wildman–Crippen LogP) is 2.74. The highest BCUT2D eigenvalue weighted by Gasteiger charge is 2.52. The first-order chi connectivity index (χ1) is 12.0. The van der Waals surface area contributed by atoms with Crippen LogP contribution in [-0.2, 0) is 31.9 Å². The average molecular weight is 350 g/mol. The summed E-state index contributed by atoms with van der Waals surface area (Å²) in [5, 5.41) is 9.28. The summed E-state index contributed by atoms with van der Waals surface area (Å²) >= 11 is 0. The van der Waals surface area contributed by atoms with Gasteiger partial charge in [-0.3, -0.25) is 9.59 Å². The Morgan fingerprint density at radius 1 is 1.36 bits per heavy atom. The lowest BCUT2D eigenvalue weighted by Crippen LogP contribution is -2.23. The number of rotatable bonds is 8. The van der Waals surface area contributed by atoms with Gasteiger partial charge in [-0.05, 0) is 60.8 Å². The molecule has 0 spiro atoms. The first kappa shape index (κ1) is 17.9. The smallest absolute Gasteiger partial charge is 0.305 e. The summed E-state index contributed by atoms with van der Waals surface area (Å²) in [7, 11) is 1.34. The van der Waals surface area contributed by atoms with Gasteiger partial charge < -0.3 is 14.6 Å². The monoisotopic (exact) mass is 350 g/mol. The van der Waals surface area contributed by atoms with Crippen LogP contribution in [0.25, 0.3) is 0 Å². The van der Waals surface area contributed by atoms with Gasteiger partial charge in [0, 0.05) is 12.8 Å². The number of hydrogen-bond donors (Lipinski definition) is 1. The van der Waals surface area contributed by atoms with Crippen LogP contribution in [-0.4, -0.2) is 36.4 Å². The van der Waals surface area contributed by atoms with E-state index in [1.807, 2.05) is 0 Å². The van der Waals surface area contributed by atoms with Gasteiger partial charge in [0.15, 0.2) is 0 Å². The highest BCUT2D eigenvalue weighted by Crippen LogP contribution is 2.48. The molecule has 0 bridgehead atoms. The molecule has 4 atom stereocenters. The van der Waals surface area contributed by atoms with E-state index < -0.39 is 5.97 Å². The van der Waals surface area contributed by atoms with Crippen molar-refractivity contribution >= 4 is 11.9 Å². The minimum absolute atomic E-state index is 0.0458. The molecule has 2 aliphatic rings. The van der Waals surface area contributed by atoms with E-state index in [1.54, 1.807) is 6.07 Å². The highest BCUT2D eigenvalue weighted by atomic mass is 19.1. The number of esters is 1. The molecular weight excluding hydrogens is 327 g/mol. The Labute approximate surface area is 146 Å². The van der Waals surface area contributed by atoms with Gasteiger partial charge in [-0.15, -0.1) is 0 Å². The molecule has 1 saturated heterocycles. The zero-order chi connectivity index (χ0) is 18.0. The van der Waals surface area contributed by atoms with E-state index in [-0.39, 0.29) is 48.7 Å². The minimum Gasteiger partial charge on any atom is -0.481 e.